The standard InChI is InChI=1S/C16H18FNOS/c1-11(18)10-12-13(17)6-5-9-15(12)20-16-8-4-3-7-14(16)19-2/h3-9,11H,10,18H2,1-2H3. The van der Waals surface area contributed by atoms with Gasteiger partial charge in [0.05, 0.1) is 12.0 Å². The van der Waals surface area contributed by atoms with E-state index >= 15 is 0 Å². The van der Waals surface area contributed by atoms with Crippen LogP contribution in [0.25, 0.3) is 0 Å². The fraction of sp³-hybridized carbons (Fsp3) is 0.250. The van der Waals surface area contributed by atoms with Gasteiger partial charge < -0.3 is 10.5 Å². The predicted octanol–water partition coefficient (Wildman–Crippen LogP) is 3.88. The Bertz CT molecular complexity index is 586. The van der Waals surface area contributed by atoms with Gasteiger partial charge in [-0.05, 0) is 37.6 Å². The second-order valence-corrected chi connectivity index (χ2v) is 5.73. The van der Waals surface area contributed by atoms with E-state index in [0.29, 0.717) is 12.0 Å². The van der Waals surface area contributed by atoms with Crippen molar-refractivity contribution in [3.05, 3.63) is 53.8 Å². The van der Waals surface area contributed by atoms with Crippen LogP contribution < -0.4 is 10.5 Å². The molecule has 2 aromatic rings. The lowest BCUT2D eigenvalue weighted by Gasteiger charge is -2.13. The average molecular weight is 291 g/mol. The number of rotatable bonds is 5. The smallest absolute Gasteiger partial charge is 0.132 e. The molecular formula is C16H18FNOS. The Morgan fingerprint density at radius 2 is 1.85 bits per heavy atom. The highest BCUT2D eigenvalue weighted by Gasteiger charge is 2.13. The van der Waals surface area contributed by atoms with Crippen LogP contribution in [0.15, 0.2) is 52.3 Å². The Balaban J connectivity index is 2.35. The number of halogens is 1. The number of hydrogen-bond acceptors (Lipinski definition) is 3. The minimum Gasteiger partial charge on any atom is -0.496 e. The molecular weight excluding hydrogens is 273 g/mol. The van der Waals surface area contributed by atoms with Crippen molar-refractivity contribution in [2.45, 2.75) is 29.2 Å². The van der Waals surface area contributed by atoms with Crippen LogP contribution in [0.2, 0.25) is 0 Å². The molecule has 0 heterocycles. The van der Waals surface area contributed by atoms with E-state index in [1.807, 2.05) is 37.3 Å². The molecule has 2 N–H and O–H groups in total. The number of para-hydroxylation sites is 1. The predicted molar refractivity (Wildman–Crippen MR) is 80.9 cm³/mol. The summed E-state index contributed by atoms with van der Waals surface area (Å²) in [6.07, 6.45) is 0.518. The molecule has 0 aliphatic carbocycles. The van der Waals surface area contributed by atoms with Crippen molar-refractivity contribution in [3.8, 4) is 5.75 Å². The number of methoxy groups -OCH3 is 1. The van der Waals surface area contributed by atoms with Crippen molar-refractivity contribution >= 4 is 11.8 Å². The van der Waals surface area contributed by atoms with Crippen LogP contribution >= 0.6 is 11.8 Å². The van der Waals surface area contributed by atoms with E-state index in [0.717, 1.165) is 15.5 Å². The van der Waals surface area contributed by atoms with Gasteiger partial charge in [0.1, 0.15) is 11.6 Å². The Morgan fingerprint density at radius 3 is 2.55 bits per heavy atom. The molecule has 2 aromatic carbocycles. The Morgan fingerprint density at radius 1 is 1.15 bits per heavy atom. The topological polar surface area (TPSA) is 35.2 Å². The molecule has 1 atom stereocenters. The van der Waals surface area contributed by atoms with Crippen LogP contribution in [-0.2, 0) is 6.42 Å². The normalized spacial score (nSPS) is 12.2. The van der Waals surface area contributed by atoms with Gasteiger partial charge in [0.15, 0.2) is 0 Å². The van der Waals surface area contributed by atoms with Crippen molar-refractivity contribution in [2.75, 3.05) is 7.11 Å². The van der Waals surface area contributed by atoms with Gasteiger partial charge in [0.25, 0.3) is 0 Å². The first-order chi connectivity index (χ1) is 9.61. The van der Waals surface area contributed by atoms with E-state index in [1.54, 1.807) is 13.2 Å². The van der Waals surface area contributed by atoms with Crippen LogP contribution in [-0.4, -0.2) is 13.2 Å². The van der Waals surface area contributed by atoms with Gasteiger partial charge in [-0.15, -0.1) is 0 Å². The highest BCUT2D eigenvalue weighted by Crippen LogP contribution is 2.37. The summed E-state index contributed by atoms with van der Waals surface area (Å²) in [5.41, 5.74) is 6.48. The molecule has 2 nitrogen and oxygen atoms in total. The van der Waals surface area contributed by atoms with E-state index in [9.17, 15) is 4.39 Å². The first-order valence-corrected chi connectivity index (χ1v) is 7.27. The van der Waals surface area contributed by atoms with Crippen LogP contribution in [0.5, 0.6) is 5.75 Å². The van der Waals surface area contributed by atoms with Gasteiger partial charge in [-0.1, -0.05) is 30.0 Å². The second kappa shape index (κ2) is 6.77. The second-order valence-electron chi connectivity index (χ2n) is 4.65. The van der Waals surface area contributed by atoms with Crippen molar-refractivity contribution in [2.24, 2.45) is 5.73 Å². The third-order valence-corrected chi connectivity index (χ3v) is 4.05. The molecule has 20 heavy (non-hydrogen) atoms. The summed E-state index contributed by atoms with van der Waals surface area (Å²) < 4.78 is 19.3. The molecule has 0 aliphatic rings. The van der Waals surface area contributed by atoms with E-state index in [2.05, 4.69) is 0 Å². The molecule has 0 saturated carbocycles. The summed E-state index contributed by atoms with van der Waals surface area (Å²) >= 11 is 1.50. The zero-order valence-electron chi connectivity index (χ0n) is 11.6. The van der Waals surface area contributed by atoms with Gasteiger partial charge >= 0.3 is 0 Å². The van der Waals surface area contributed by atoms with E-state index in [1.165, 1.54) is 17.8 Å². The van der Waals surface area contributed by atoms with Crippen molar-refractivity contribution in [1.82, 2.24) is 0 Å². The maximum absolute atomic E-state index is 14.0. The van der Waals surface area contributed by atoms with Gasteiger partial charge in [-0.3, -0.25) is 0 Å². The van der Waals surface area contributed by atoms with Gasteiger partial charge in [-0.2, -0.15) is 0 Å². The number of nitrogens with two attached hydrogens (primary N) is 1. The third-order valence-electron chi connectivity index (χ3n) is 2.89. The van der Waals surface area contributed by atoms with E-state index < -0.39 is 0 Å². The summed E-state index contributed by atoms with van der Waals surface area (Å²) in [6.45, 7) is 1.88. The van der Waals surface area contributed by atoms with Crippen LogP contribution in [0.4, 0.5) is 4.39 Å². The monoisotopic (exact) mass is 291 g/mol. The number of hydrogen-bond donors (Lipinski definition) is 1. The Labute approximate surface area is 123 Å². The lowest BCUT2D eigenvalue weighted by molar-refractivity contribution is 0.405. The first kappa shape index (κ1) is 14.9. The SMILES string of the molecule is COc1ccccc1Sc1cccc(F)c1CC(C)N. The largest absolute Gasteiger partial charge is 0.496 e. The van der Waals surface area contributed by atoms with Crippen molar-refractivity contribution in [3.63, 3.8) is 0 Å². The zero-order chi connectivity index (χ0) is 14.5. The first-order valence-electron chi connectivity index (χ1n) is 6.45. The molecule has 0 spiro atoms. The molecule has 0 bridgehead atoms. The van der Waals surface area contributed by atoms with Gasteiger partial charge in [0.2, 0.25) is 0 Å². The van der Waals surface area contributed by atoms with Gasteiger partial charge in [0, 0.05) is 16.5 Å². The zero-order valence-corrected chi connectivity index (χ0v) is 12.4. The molecule has 106 valence electrons. The molecule has 0 aromatic heterocycles. The minimum atomic E-state index is -0.206. The quantitative estimate of drug-likeness (QED) is 0.908. The summed E-state index contributed by atoms with van der Waals surface area (Å²) in [4.78, 5) is 1.85. The molecule has 0 amide bonds. The highest BCUT2D eigenvalue weighted by atomic mass is 32.2. The lowest BCUT2D eigenvalue weighted by Crippen LogP contribution is -2.19. The molecule has 0 fully saturated rings. The summed E-state index contributed by atoms with van der Waals surface area (Å²) in [5.74, 6) is 0.579. The molecule has 0 radical (unpaired) electrons. The average Bonchev–Trinajstić information content (AvgIpc) is 2.43. The highest BCUT2D eigenvalue weighted by molar-refractivity contribution is 7.99. The van der Waals surface area contributed by atoms with E-state index in [4.69, 9.17) is 10.5 Å². The van der Waals surface area contributed by atoms with E-state index in [-0.39, 0.29) is 11.9 Å². The minimum absolute atomic E-state index is 0.0797. The van der Waals surface area contributed by atoms with Crippen LogP contribution in [0, 0.1) is 5.82 Å². The molecule has 2 rings (SSSR count). The lowest BCUT2D eigenvalue weighted by atomic mass is 10.1. The number of ether oxygens (including phenoxy) is 1. The summed E-state index contributed by atoms with van der Waals surface area (Å²) in [6, 6.07) is 12.7. The molecule has 0 saturated heterocycles. The third kappa shape index (κ3) is 3.52. The van der Waals surface area contributed by atoms with Crippen LogP contribution in [0.1, 0.15) is 12.5 Å². The van der Waals surface area contributed by atoms with Crippen LogP contribution in [0.3, 0.4) is 0 Å². The van der Waals surface area contributed by atoms with Crippen molar-refractivity contribution in [1.29, 1.82) is 0 Å². The Kier molecular flexibility index (Phi) is 5.04. The number of benzene rings is 2. The summed E-state index contributed by atoms with van der Waals surface area (Å²) in [5, 5.41) is 0. The fourth-order valence-corrected chi connectivity index (χ4v) is 3.06. The fourth-order valence-electron chi connectivity index (χ4n) is 1.98. The molecule has 4 heteroatoms. The van der Waals surface area contributed by atoms with Crippen molar-refractivity contribution < 1.29 is 9.13 Å². The molecule has 1 unspecified atom stereocenters. The maximum Gasteiger partial charge on any atom is 0.132 e. The Hall–Kier alpha value is -1.52. The maximum atomic E-state index is 14.0. The van der Waals surface area contributed by atoms with Gasteiger partial charge in [-0.25, -0.2) is 4.39 Å². The summed E-state index contributed by atoms with van der Waals surface area (Å²) in [7, 11) is 1.63. The molecule has 0 aliphatic heterocycles.